The van der Waals surface area contributed by atoms with E-state index < -0.39 is 0 Å². The molecule has 24 heavy (non-hydrogen) atoms. The fourth-order valence-corrected chi connectivity index (χ4v) is 2.76. The molecule has 2 heterocycles. The van der Waals surface area contributed by atoms with Gasteiger partial charge in [-0.2, -0.15) is 4.98 Å². The van der Waals surface area contributed by atoms with E-state index in [1.165, 1.54) is 6.33 Å². The van der Waals surface area contributed by atoms with Crippen LogP contribution in [0.4, 0.5) is 5.82 Å². The third-order valence-electron chi connectivity index (χ3n) is 4.16. The fraction of sp³-hybridized carbons (Fsp3) is 0.389. The molecular weight excluding hydrogens is 302 g/mol. The first-order chi connectivity index (χ1) is 11.8. The molecule has 0 amide bonds. The first-order valence-corrected chi connectivity index (χ1v) is 8.45. The van der Waals surface area contributed by atoms with E-state index >= 15 is 0 Å². The van der Waals surface area contributed by atoms with Gasteiger partial charge >= 0.3 is 0 Å². The molecule has 3 aromatic rings. The molecule has 1 aromatic carbocycles. The SMILES string of the molecule is CCN(CC)CCCNc1ncnc2onc(-c3ccccc3)c12. The molecular formula is C18H23N5O. The molecule has 0 radical (unpaired) electrons. The summed E-state index contributed by atoms with van der Waals surface area (Å²) >= 11 is 0. The fourth-order valence-electron chi connectivity index (χ4n) is 2.76. The topological polar surface area (TPSA) is 67.1 Å². The maximum Gasteiger partial charge on any atom is 0.263 e. The van der Waals surface area contributed by atoms with Crippen molar-refractivity contribution in [3.05, 3.63) is 36.7 Å². The largest absolute Gasteiger partial charge is 0.369 e. The van der Waals surface area contributed by atoms with Crippen molar-refractivity contribution >= 4 is 16.9 Å². The zero-order valence-corrected chi connectivity index (χ0v) is 14.2. The van der Waals surface area contributed by atoms with Crippen LogP contribution in [0, 0.1) is 0 Å². The van der Waals surface area contributed by atoms with Crippen LogP contribution in [-0.2, 0) is 0 Å². The Hall–Kier alpha value is -2.47. The van der Waals surface area contributed by atoms with Crippen molar-refractivity contribution in [3.63, 3.8) is 0 Å². The van der Waals surface area contributed by atoms with E-state index in [0.717, 1.165) is 55.1 Å². The molecule has 0 aliphatic rings. The van der Waals surface area contributed by atoms with Crippen molar-refractivity contribution in [1.29, 1.82) is 0 Å². The molecule has 0 spiro atoms. The lowest BCUT2D eigenvalue weighted by Gasteiger charge is -2.17. The second-order valence-corrected chi connectivity index (χ2v) is 5.61. The smallest absolute Gasteiger partial charge is 0.263 e. The van der Waals surface area contributed by atoms with Crippen molar-refractivity contribution < 1.29 is 4.52 Å². The number of anilines is 1. The first kappa shape index (κ1) is 16.4. The van der Waals surface area contributed by atoms with Gasteiger partial charge in [-0.05, 0) is 26.1 Å². The van der Waals surface area contributed by atoms with Gasteiger partial charge in [0.15, 0.2) is 0 Å². The number of rotatable bonds is 8. The normalized spacial score (nSPS) is 11.3. The summed E-state index contributed by atoms with van der Waals surface area (Å²) < 4.78 is 5.37. The Labute approximate surface area is 141 Å². The van der Waals surface area contributed by atoms with Crippen molar-refractivity contribution in [2.75, 3.05) is 31.5 Å². The molecule has 6 nitrogen and oxygen atoms in total. The Balaban J connectivity index is 1.77. The second-order valence-electron chi connectivity index (χ2n) is 5.61. The lowest BCUT2D eigenvalue weighted by atomic mass is 10.1. The van der Waals surface area contributed by atoms with Gasteiger partial charge in [-0.25, -0.2) is 4.98 Å². The number of hydrogen-bond donors (Lipinski definition) is 1. The van der Waals surface area contributed by atoms with Gasteiger partial charge in [0.05, 0.1) is 0 Å². The van der Waals surface area contributed by atoms with E-state index in [9.17, 15) is 0 Å². The van der Waals surface area contributed by atoms with Crippen LogP contribution < -0.4 is 5.32 Å². The van der Waals surface area contributed by atoms with Crippen LogP contribution in [0.25, 0.3) is 22.4 Å². The highest BCUT2D eigenvalue weighted by atomic mass is 16.5. The van der Waals surface area contributed by atoms with Gasteiger partial charge in [0.2, 0.25) is 0 Å². The van der Waals surface area contributed by atoms with E-state index in [2.05, 4.69) is 39.2 Å². The Morgan fingerprint density at radius 3 is 2.62 bits per heavy atom. The van der Waals surface area contributed by atoms with Crippen molar-refractivity contribution in [2.24, 2.45) is 0 Å². The minimum atomic E-state index is 0.509. The van der Waals surface area contributed by atoms with Gasteiger partial charge in [-0.3, -0.25) is 0 Å². The monoisotopic (exact) mass is 325 g/mol. The molecule has 0 saturated heterocycles. The van der Waals surface area contributed by atoms with Gasteiger partial charge < -0.3 is 14.7 Å². The van der Waals surface area contributed by atoms with Crippen LogP contribution in [0.3, 0.4) is 0 Å². The summed E-state index contributed by atoms with van der Waals surface area (Å²) in [5, 5.41) is 8.43. The maximum atomic E-state index is 5.37. The van der Waals surface area contributed by atoms with Gasteiger partial charge in [0.25, 0.3) is 5.71 Å². The molecule has 2 aromatic heterocycles. The van der Waals surface area contributed by atoms with Crippen LogP contribution in [0.1, 0.15) is 20.3 Å². The van der Waals surface area contributed by atoms with Crippen LogP contribution >= 0.6 is 0 Å². The molecule has 0 aliphatic heterocycles. The Morgan fingerprint density at radius 1 is 1.08 bits per heavy atom. The molecule has 0 unspecified atom stereocenters. The molecule has 3 rings (SSSR count). The molecule has 1 N–H and O–H groups in total. The quantitative estimate of drug-likeness (QED) is 0.640. The highest BCUT2D eigenvalue weighted by Gasteiger charge is 2.16. The Morgan fingerprint density at radius 2 is 1.88 bits per heavy atom. The molecule has 0 bridgehead atoms. The predicted molar refractivity (Wildman–Crippen MR) is 95.9 cm³/mol. The van der Waals surface area contributed by atoms with E-state index in [1.54, 1.807) is 0 Å². The highest BCUT2D eigenvalue weighted by molar-refractivity contribution is 5.97. The van der Waals surface area contributed by atoms with E-state index in [0.29, 0.717) is 5.71 Å². The zero-order chi connectivity index (χ0) is 16.8. The highest BCUT2D eigenvalue weighted by Crippen LogP contribution is 2.30. The predicted octanol–water partition coefficient (Wildman–Crippen LogP) is 3.43. The number of aromatic nitrogens is 3. The third kappa shape index (κ3) is 3.54. The van der Waals surface area contributed by atoms with E-state index in [4.69, 9.17) is 4.52 Å². The van der Waals surface area contributed by atoms with Crippen LogP contribution in [0.15, 0.2) is 41.2 Å². The summed E-state index contributed by atoms with van der Waals surface area (Å²) in [6.07, 6.45) is 2.56. The molecule has 6 heteroatoms. The molecule has 0 atom stereocenters. The minimum Gasteiger partial charge on any atom is -0.369 e. The number of nitrogens with zero attached hydrogens (tertiary/aromatic N) is 4. The number of fused-ring (bicyclic) bond motifs is 1. The Bertz CT molecular complexity index is 767. The third-order valence-corrected chi connectivity index (χ3v) is 4.16. The average Bonchev–Trinajstić information content (AvgIpc) is 3.07. The lowest BCUT2D eigenvalue weighted by molar-refractivity contribution is 0.303. The van der Waals surface area contributed by atoms with Crippen molar-refractivity contribution in [2.45, 2.75) is 20.3 Å². The van der Waals surface area contributed by atoms with Crippen LogP contribution in [0.5, 0.6) is 0 Å². The maximum absolute atomic E-state index is 5.37. The summed E-state index contributed by atoms with van der Waals surface area (Å²) in [5.74, 6) is 0.777. The molecule has 126 valence electrons. The van der Waals surface area contributed by atoms with Crippen LogP contribution in [-0.4, -0.2) is 46.2 Å². The molecule has 0 aliphatic carbocycles. The number of benzene rings is 1. The standard InChI is InChI=1S/C18H23N5O/c1-3-23(4-2)12-8-11-19-17-15-16(14-9-6-5-7-10-14)22-24-18(15)21-13-20-17/h5-7,9-10,13H,3-4,8,11-12H2,1-2H3,(H,19,20,21). The second kappa shape index (κ2) is 7.88. The first-order valence-electron chi connectivity index (χ1n) is 8.45. The molecule has 0 saturated carbocycles. The summed E-state index contributed by atoms with van der Waals surface area (Å²) in [6, 6.07) is 9.96. The number of hydrogen-bond acceptors (Lipinski definition) is 6. The lowest BCUT2D eigenvalue weighted by Crippen LogP contribution is -2.25. The Kier molecular flexibility index (Phi) is 5.38. The minimum absolute atomic E-state index is 0.509. The van der Waals surface area contributed by atoms with E-state index in [1.807, 2.05) is 30.3 Å². The number of nitrogens with one attached hydrogen (secondary N) is 1. The van der Waals surface area contributed by atoms with Gasteiger partial charge in [0.1, 0.15) is 23.2 Å². The average molecular weight is 325 g/mol. The van der Waals surface area contributed by atoms with Crippen LogP contribution in [0.2, 0.25) is 0 Å². The van der Waals surface area contributed by atoms with Gasteiger partial charge in [-0.1, -0.05) is 49.3 Å². The van der Waals surface area contributed by atoms with Crippen molar-refractivity contribution in [3.8, 4) is 11.3 Å². The molecule has 0 fully saturated rings. The van der Waals surface area contributed by atoms with E-state index in [-0.39, 0.29) is 0 Å². The van der Waals surface area contributed by atoms with Crippen molar-refractivity contribution in [1.82, 2.24) is 20.0 Å². The van der Waals surface area contributed by atoms with Gasteiger partial charge in [0, 0.05) is 12.1 Å². The summed E-state index contributed by atoms with van der Waals surface area (Å²) in [6.45, 7) is 8.46. The zero-order valence-electron chi connectivity index (χ0n) is 14.2. The summed E-state index contributed by atoms with van der Waals surface area (Å²) in [7, 11) is 0. The summed E-state index contributed by atoms with van der Waals surface area (Å²) in [5.41, 5.74) is 2.28. The van der Waals surface area contributed by atoms with Gasteiger partial charge in [-0.15, -0.1) is 0 Å². The summed E-state index contributed by atoms with van der Waals surface area (Å²) in [4.78, 5) is 11.0.